The van der Waals surface area contributed by atoms with Gasteiger partial charge in [0.15, 0.2) is 5.78 Å². The number of Topliss-reactive ketones (excluding diaryl/α,β-unsaturated/α-hetero) is 1. The molecule has 3 heteroatoms. The number of ketones is 1. The van der Waals surface area contributed by atoms with Crippen molar-refractivity contribution in [3.8, 4) is 0 Å². The normalized spacial score (nSPS) is 15.2. The number of hydrogen-bond acceptors (Lipinski definition) is 3. The summed E-state index contributed by atoms with van der Waals surface area (Å²) in [6.07, 6.45) is 2.97. The zero-order chi connectivity index (χ0) is 17.0. The van der Waals surface area contributed by atoms with Crippen LogP contribution in [0.4, 0.5) is 0 Å². The summed E-state index contributed by atoms with van der Waals surface area (Å²) in [5, 5.41) is 0. The van der Waals surface area contributed by atoms with Gasteiger partial charge >= 0.3 is 0 Å². The fourth-order valence-corrected chi connectivity index (χ4v) is 2.18. The first-order valence-electron chi connectivity index (χ1n) is 8.40. The van der Waals surface area contributed by atoms with Crippen molar-refractivity contribution in [3.63, 3.8) is 0 Å². The van der Waals surface area contributed by atoms with Crippen LogP contribution in [0.15, 0.2) is 24.3 Å². The van der Waals surface area contributed by atoms with E-state index in [2.05, 4.69) is 18.9 Å². The highest BCUT2D eigenvalue weighted by molar-refractivity contribution is 5.93. The van der Waals surface area contributed by atoms with Gasteiger partial charge in [-0.15, -0.1) is 0 Å². The Balaban J connectivity index is 0.000000360. The molecule has 2 rings (SSSR count). The predicted octanol–water partition coefficient (Wildman–Crippen LogP) is 4.34. The standard InChI is InChI=1S/C9H10O.C8H17NO.C2H6/c1-7-3-5-9(6-4-7)8(2)10;1-3-10-8-4-6-9(2)7-5-8;1-2/h3-6H,1-2H3;8H,3-7H2,1-2H3;1-2H3. The summed E-state index contributed by atoms with van der Waals surface area (Å²) in [6, 6.07) is 7.57. The molecule has 1 fully saturated rings. The van der Waals surface area contributed by atoms with E-state index in [4.69, 9.17) is 4.74 Å². The van der Waals surface area contributed by atoms with Gasteiger partial charge in [-0.05, 0) is 40.7 Å². The summed E-state index contributed by atoms with van der Waals surface area (Å²) in [5.41, 5.74) is 1.97. The molecule has 22 heavy (non-hydrogen) atoms. The lowest BCUT2D eigenvalue weighted by molar-refractivity contribution is 0.0197. The molecular weight excluding hydrogens is 274 g/mol. The van der Waals surface area contributed by atoms with Crippen molar-refractivity contribution in [1.82, 2.24) is 4.90 Å². The Morgan fingerprint density at radius 1 is 1.18 bits per heavy atom. The lowest BCUT2D eigenvalue weighted by atomic mass is 10.1. The zero-order valence-corrected chi connectivity index (χ0v) is 15.2. The number of aryl methyl sites for hydroxylation is 1. The third-order valence-electron chi connectivity index (χ3n) is 3.53. The molecule has 1 aliphatic rings. The van der Waals surface area contributed by atoms with Gasteiger partial charge in [0.2, 0.25) is 0 Å². The van der Waals surface area contributed by atoms with Gasteiger partial charge in [0.25, 0.3) is 0 Å². The van der Waals surface area contributed by atoms with Gasteiger partial charge in [0.1, 0.15) is 0 Å². The number of ether oxygens (including phenoxy) is 1. The van der Waals surface area contributed by atoms with E-state index in [0.717, 1.165) is 12.2 Å². The molecule has 0 saturated carbocycles. The Labute approximate surface area is 136 Å². The van der Waals surface area contributed by atoms with E-state index in [1.165, 1.54) is 31.5 Å². The number of benzene rings is 1. The molecule has 0 spiro atoms. The van der Waals surface area contributed by atoms with Crippen LogP contribution in [0.2, 0.25) is 0 Å². The van der Waals surface area contributed by atoms with E-state index in [-0.39, 0.29) is 5.78 Å². The summed E-state index contributed by atoms with van der Waals surface area (Å²) < 4.78 is 5.50. The molecule has 0 N–H and O–H groups in total. The van der Waals surface area contributed by atoms with Crippen LogP contribution in [0.3, 0.4) is 0 Å². The fraction of sp³-hybridized carbons (Fsp3) is 0.632. The van der Waals surface area contributed by atoms with Crippen molar-refractivity contribution in [2.45, 2.75) is 53.6 Å². The molecule has 1 aromatic rings. The van der Waals surface area contributed by atoms with Crippen LogP contribution in [0, 0.1) is 6.92 Å². The number of rotatable bonds is 3. The van der Waals surface area contributed by atoms with E-state index in [1.54, 1.807) is 6.92 Å². The number of carbonyl (C=O) groups excluding carboxylic acids is 1. The van der Waals surface area contributed by atoms with Crippen LogP contribution in [0.1, 0.15) is 56.5 Å². The molecule has 1 heterocycles. The largest absolute Gasteiger partial charge is 0.378 e. The summed E-state index contributed by atoms with van der Waals surface area (Å²) in [6.45, 7) is 12.9. The van der Waals surface area contributed by atoms with E-state index >= 15 is 0 Å². The van der Waals surface area contributed by atoms with Gasteiger partial charge in [-0.1, -0.05) is 43.7 Å². The number of carbonyl (C=O) groups is 1. The molecule has 0 aromatic heterocycles. The van der Waals surface area contributed by atoms with Crippen LogP contribution >= 0.6 is 0 Å². The minimum Gasteiger partial charge on any atom is -0.378 e. The quantitative estimate of drug-likeness (QED) is 0.778. The maximum Gasteiger partial charge on any atom is 0.159 e. The van der Waals surface area contributed by atoms with Gasteiger partial charge in [-0.25, -0.2) is 0 Å². The van der Waals surface area contributed by atoms with Crippen LogP contribution in [0.5, 0.6) is 0 Å². The Hall–Kier alpha value is -1.19. The minimum atomic E-state index is 0.125. The van der Waals surface area contributed by atoms with Crippen molar-refractivity contribution in [2.24, 2.45) is 0 Å². The first-order valence-corrected chi connectivity index (χ1v) is 8.40. The number of likely N-dealkylation sites (tertiary alicyclic amines) is 1. The highest BCUT2D eigenvalue weighted by Gasteiger charge is 2.15. The molecule has 1 aliphatic heterocycles. The van der Waals surface area contributed by atoms with Gasteiger partial charge in [0.05, 0.1) is 6.10 Å². The first kappa shape index (κ1) is 20.8. The molecule has 0 atom stereocenters. The molecule has 0 amide bonds. The minimum absolute atomic E-state index is 0.125. The van der Waals surface area contributed by atoms with Gasteiger partial charge in [-0.2, -0.15) is 0 Å². The molecule has 0 radical (unpaired) electrons. The van der Waals surface area contributed by atoms with Crippen LogP contribution in [-0.2, 0) is 4.74 Å². The predicted molar refractivity (Wildman–Crippen MR) is 94.7 cm³/mol. The molecule has 1 aromatic carbocycles. The summed E-state index contributed by atoms with van der Waals surface area (Å²) in [4.78, 5) is 13.1. The Morgan fingerprint density at radius 3 is 2.09 bits per heavy atom. The maximum atomic E-state index is 10.8. The van der Waals surface area contributed by atoms with Crippen LogP contribution in [-0.4, -0.2) is 43.5 Å². The van der Waals surface area contributed by atoms with Crippen LogP contribution < -0.4 is 0 Å². The fourth-order valence-electron chi connectivity index (χ4n) is 2.18. The monoisotopic (exact) mass is 307 g/mol. The highest BCUT2D eigenvalue weighted by atomic mass is 16.5. The molecule has 0 bridgehead atoms. The summed E-state index contributed by atoms with van der Waals surface area (Å²) in [5.74, 6) is 0.125. The second kappa shape index (κ2) is 12.4. The van der Waals surface area contributed by atoms with Crippen molar-refractivity contribution < 1.29 is 9.53 Å². The number of nitrogens with zero attached hydrogens (tertiary/aromatic N) is 1. The van der Waals surface area contributed by atoms with E-state index in [9.17, 15) is 4.79 Å². The first-order chi connectivity index (χ1) is 10.5. The molecule has 1 saturated heterocycles. The summed E-state index contributed by atoms with van der Waals surface area (Å²) >= 11 is 0. The average molecular weight is 307 g/mol. The molecule has 126 valence electrons. The molecule has 0 unspecified atom stereocenters. The zero-order valence-electron chi connectivity index (χ0n) is 15.2. The van der Waals surface area contributed by atoms with E-state index in [1.807, 2.05) is 45.0 Å². The van der Waals surface area contributed by atoms with Gasteiger partial charge in [0, 0.05) is 25.3 Å². The van der Waals surface area contributed by atoms with E-state index < -0.39 is 0 Å². The lowest BCUT2D eigenvalue weighted by Gasteiger charge is -2.28. The topological polar surface area (TPSA) is 29.5 Å². The van der Waals surface area contributed by atoms with Gasteiger partial charge < -0.3 is 9.64 Å². The van der Waals surface area contributed by atoms with E-state index in [0.29, 0.717) is 6.10 Å². The third-order valence-corrected chi connectivity index (χ3v) is 3.53. The summed E-state index contributed by atoms with van der Waals surface area (Å²) in [7, 11) is 2.17. The second-order valence-electron chi connectivity index (χ2n) is 5.38. The average Bonchev–Trinajstić information content (AvgIpc) is 2.53. The maximum absolute atomic E-state index is 10.8. The highest BCUT2D eigenvalue weighted by Crippen LogP contribution is 2.11. The van der Waals surface area contributed by atoms with Crippen molar-refractivity contribution >= 4 is 5.78 Å². The lowest BCUT2D eigenvalue weighted by Crippen LogP contribution is -2.34. The molecular formula is C19H33NO2. The Kier molecular flexibility index (Phi) is 11.7. The Bertz CT molecular complexity index is 392. The third kappa shape index (κ3) is 8.96. The smallest absolute Gasteiger partial charge is 0.159 e. The van der Waals surface area contributed by atoms with Gasteiger partial charge in [-0.3, -0.25) is 4.79 Å². The SMILES string of the molecule is CC.CC(=O)c1ccc(C)cc1.CCOC1CCN(C)CC1. The van der Waals surface area contributed by atoms with Crippen molar-refractivity contribution in [1.29, 1.82) is 0 Å². The van der Waals surface area contributed by atoms with Crippen LogP contribution in [0.25, 0.3) is 0 Å². The number of piperidine rings is 1. The number of hydrogen-bond donors (Lipinski definition) is 0. The second-order valence-corrected chi connectivity index (χ2v) is 5.38. The van der Waals surface area contributed by atoms with Crippen molar-refractivity contribution in [3.05, 3.63) is 35.4 Å². The molecule has 3 nitrogen and oxygen atoms in total. The molecule has 0 aliphatic carbocycles. The Morgan fingerprint density at radius 2 is 1.68 bits per heavy atom. The van der Waals surface area contributed by atoms with Crippen molar-refractivity contribution in [2.75, 3.05) is 26.7 Å².